The van der Waals surface area contributed by atoms with Crippen molar-refractivity contribution >= 4 is 101 Å². The van der Waals surface area contributed by atoms with Crippen molar-refractivity contribution in [2.75, 3.05) is 51.0 Å². The SMILES string of the molecule is COC(=O)c1ccc2c(c1)nc(CCN(CCc1nc3c(NCc4ncccc4F)ncnc3s1)C(=O)OC(C)(C)C)n2C(=O)OC(C)(C)C.COC(=O)c1ccc2nc(CCNCCc3nc4c(NCc5ncccc5F)ncnc4s3)[nH]c2c1. The van der Waals surface area contributed by atoms with E-state index in [-0.39, 0.29) is 55.6 Å². The van der Waals surface area contributed by atoms with Crippen molar-refractivity contribution < 1.29 is 46.9 Å². The number of halogens is 2. The first-order valence-electron chi connectivity index (χ1n) is 27.2. The highest BCUT2D eigenvalue weighted by molar-refractivity contribution is 7.18. The fourth-order valence-corrected chi connectivity index (χ4v) is 10.4. The number of nitrogens with one attached hydrogen (secondary N) is 4. The van der Waals surface area contributed by atoms with Gasteiger partial charge >= 0.3 is 24.1 Å². The number of amides is 1. The zero-order chi connectivity index (χ0) is 61.1. The standard InChI is InChI=1S/C34H39FN8O6S.C24H23FN8O2S/c1-33(2,3)48-31(45)42(16-13-26-41-27-28(38-19-39-29(27)50-26)37-18-23-21(35)9-8-14-36-23)15-12-25-40-22-17-20(30(44)47-7)10-11-24(22)43(25)32(46)49-34(4,5)6;1-35-24(34)14-4-5-16-17(11-14)32-19(31-16)6-9-26-10-7-20-33-21-22(29-13-30-23(21)36-20)28-12-18-15(25)3-2-8-27-18/h8-11,14,17,19H,12-13,15-16,18H2,1-7H3,(H,37,38,39);2-5,8,11,13,26H,6-7,9-10,12H2,1H3,(H,31,32)(H,28,29,30). The summed E-state index contributed by atoms with van der Waals surface area (Å²) in [6.07, 6.45) is 6.72. The number of aromatic amines is 1. The van der Waals surface area contributed by atoms with Crippen LogP contribution in [0.4, 0.5) is 30.0 Å². The van der Waals surface area contributed by atoms with Gasteiger partial charge in [-0.15, -0.1) is 0 Å². The number of hydrogen-bond acceptors (Lipinski definition) is 23. The molecule has 0 atom stereocenters. The number of carbonyl (C=O) groups excluding carboxylic acids is 4. The van der Waals surface area contributed by atoms with Gasteiger partial charge in [-0.3, -0.25) is 9.97 Å². The molecule has 0 bridgehead atoms. The first-order valence-corrected chi connectivity index (χ1v) is 28.8. The zero-order valence-electron chi connectivity index (χ0n) is 48.4. The van der Waals surface area contributed by atoms with Gasteiger partial charge in [-0.1, -0.05) is 22.7 Å². The van der Waals surface area contributed by atoms with Crippen LogP contribution in [0.25, 0.3) is 42.8 Å². The lowest BCUT2D eigenvalue weighted by molar-refractivity contribution is 0.0252. The Morgan fingerprint density at radius 1 is 0.628 bits per heavy atom. The number of pyridine rings is 2. The second-order valence-corrected chi connectivity index (χ2v) is 23.3. The highest BCUT2D eigenvalue weighted by Crippen LogP contribution is 2.28. The molecule has 0 aliphatic carbocycles. The first-order chi connectivity index (χ1) is 41.2. The monoisotopic (exact) mass is 1210 g/mol. The number of anilines is 2. The van der Waals surface area contributed by atoms with Gasteiger partial charge in [0.1, 0.15) is 67.8 Å². The maximum absolute atomic E-state index is 14.1. The van der Waals surface area contributed by atoms with Crippen LogP contribution in [0.1, 0.15) is 95.3 Å². The first kappa shape index (κ1) is 61.3. The Balaban J connectivity index is 0.000000216. The normalized spacial score (nSPS) is 11.6. The van der Waals surface area contributed by atoms with Crippen LogP contribution < -0.4 is 16.0 Å². The Labute approximate surface area is 499 Å². The lowest BCUT2D eigenvalue weighted by Gasteiger charge is -2.27. The van der Waals surface area contributed by atoms with Gasteiger partial charge in [0.25, 0.3) is 0 Å². The number of carbonyl (C=O) groups is 4. The van der Waals surface area contributed by atoms with Gasteiger partial charge in [-0.25, -0.2) is 72.4 Å². The number of esters is 2. The fourth-order valence-electron chi connectivity index (χ4n) is 8.59. The molecule has 10 aromatic rings. The molecular formula is C58H62F2N16O8S2. The molecule has 448 valence electrons. The average molecular weight is 1210 g/mol. The number of rotatable bonds is 20. The summed E-state index contributed by atoms with van der Waals surface area (Å²) in [6.45, 7) is 12.8. The predicted octanol–water partition coefficient (Wildman–Crippen LogP) is 9.44. The van der Waals surface area contributed by atoms with E-state index in [0.29, 0.717) is 73.5 Å². The van der Waals surface area contributed by atoms with Gasteiger partial charge in [-0.2, -0.15) is 0 Å². The molecule has 0 aliphatic rings. The van der Waals surface area contributed by atoms with E-state index in [1.807, 2.05) is 0 Å². The fraction of sp³-hybridized carbons (Fsp3) is 0.345. The van der Waals surface area contributed by atoms with Crippen LogP contribution in [-0.2, 0) is 57.7 Å². The summed E-state index contributed by atoms with van der Waals surface area (Å²) in [5, 5.41) is 11.2. The highest BCUT2D eigenvalue weighted by atomic mass is 32.1. The maximum Gasteiger partial charge on any atom is 0.420 e. The molecule has 0 spiro atoms. The number of imidazole rings is 2. The third-order valence-corrected chi connectivity index (χ3v) is 14.6. The largest absolute Gasteiger partial charge is 0.465 e. The second kappa shape index (κ2) is 27.2. The molecule has 4 N–H and O–H groups in total. The number of hydrogen-bond donors (Lipinski definition) is 4. The Morgan fingerprint density at radius 3 is 1.77 bits per heavy atom. The summed E-state index contributed by atoms with van der Waals surface area (Å²) < 4.78 is 50.4. The quantitative estimate of drug-likeness (QED) is 0.0314. The smallest absolute Gasteiger partial charge is 0.420 e. The Kier molecular flexibility index (Phi) is 19.4. The number of fused-ring (bicyclic) bond motifs is 4. The summed E-state index contributed by atoms with van der Waals surface area (Å²) in [5.41, 5.74) is 3.41. The average Bonchev–Trinajstić information content (AvgIpc) is 2.13. The minimum Gasteiger partial charge on any atom is -0.465 e. The Hall–Kier alpha value is -9.28. The minimum absolute atomic E-state index is 0.107. The van der Waals surface area contributed by atoms with Crippen LogP contribution in [0.2, 0.25) is 0 Å². The van der Waals surface area contributed by atoms with Crippen LogP contribution >= 0.6 is 22.7 Å². The van der Waals surface area contributed by atoms with E-state index in [2.05, 4.69) is 65.8 Å². The minimum atomic E-state index is -0.787. The third-order valence-electron chi connectivity index (χ3n) is 12.6. The molecule has 10 rings (SSSR count). The summed E-state index contributed by atoms with van der Waals surface area (Å²) >= 11 is 2.86. The van der Waals surface area contributed by atoms with E-state index in [1.54, 1.807) is 90.2 Å². The number of benzene rings is 2. The van der Waals surface area contributed by atoms with Gasteiger partial charge < -0.3 is 44.8 Å². The van der Waals surface area contributed by atoms with Gasteiger partial charge in [0.2, 0.25) is 0 Å². The summed E-state index contributed by atoms with van der Waals surface area (Å²) in [7, 11) is 2.65. The van der Waals surface area contributed by atoms with Crippen LogP contribution in [0.5, 0.6) is 0 Å². The van der Waals surface area contributed by atoms with Gasteiger partial charge in [-0.05, 0) is 102 Å². The molecule has 2 aromatic carbocycles. The molecule has 24 nitrogen and oxygen atoms in total. The molecule has 86 heavy (non-hydrogen) atoms. The van der Waals surface area contributed by atoms with Crippen molar-refractivity contribution in [3.05, 3.63) is 142 Å². The predicted molar refractivity (Wildman–Crippen MR) is 319 cm³/mol. The Bertz CT molecular complexity index is 4070. The molecule has 1 amide bonds. The molecule has 0 aliphatic heterocycles. The molecule has 0 saturated carbocycles. The molecule has 0 radical (unpaired) electrons. The van der Waals surface area contributed by atoms with Crippen molar-refractivity contribution in [2.45, 2.75) is 91.5 Å². The molecule has 8 aromatic heterocycles. The van der Waals surface area contributed by atoms with E-state index in [1.165, 1.54) is 83.4 Å². The summed E-state index contributed by atoms with van der Waals surface area (Å²) in [5.74, 6) is 0.453. The maximum atomic E-state index is 14.1. The molecule has 0 saturated heterocycles. The van der Waals surface area contributed by atoms with E-state index in [9.17, 15) is 28.0 Å². The van der Waals surface area contributed by atoms with Crippen LogP contribution in [-0.4, -0.2) is 140 Å². The number of H-pyrrole nitrogens is 1. The van der Waals surface area contributed by atoms with Crippen LogP contribution in [0.15, 0.2) is 85.7 Å². The van der Waals surface area contributed by atoms with Crippen molar-refractivity contribution in [3.8, 4) is 0 Å². The van der Waals surface area contributed by atoms with Crippen LogP contribution in [0.3, 0.4) is 0 Å². The number of nitrogens with zero attached hydrogens (tertiary/aromatic N) is 12. The third kappa shape index (κ3) is 15.7. The van der Waals surface area contributed by atoms with E-state index < -0.39 is 35.2 Å². The van der Waals surface area contributed by atoms with Crippen molar-refractivity contribution in [2.24, 2.45) is 0 Å². The van der Waals surface area contributed by atoms with E-state index >= 15 is 0 Å². The van der Waals surface area contributed by atoms with Crippen LogP contribution in [0, 0.1) is 11.6 Å². The molecule has 0 fully saturated rings. The molecule has 28 heteroatoms. The highest BCUT2D eigenvalue weighted by Gasteiger charge is 2.27. The number of ether oxygens (including phenoxy) is 4. The van der Waals surface area contributed by atoms with Gasteiger partial charge in [0, 0.05) is 64.3 Å². The van der Waals surface area contributed by atoms with E-state index in [0.717, 1.165) is 46.2 Å². The summed E-state index contributed by atoms with van der Waals surface area (Å²) in [4.78, 5) is 101. The lowest BCUT2D eigenvalue weighted by Crippen LogP contribution is -2.39. The molecule has 0 unspecified atom stereocenters. The number of aromatic nitrogens is 12. The summed E-state index contributed by atoms with van der Waals surface area (Å²) in [6, 6.07) is 15.8. The topological polar surface area (TPSA) is 294 Å². The van der Waals surface area contributed by atoms with E-state index in [4.69, 9.17) is 23.9 Å². The number of methoxy groups -OCH3 is 2. The second-order valence-electron chi connectivity index (χ2n) is 21.2. The molecular weight excluding hydrogens is 1150 g/mol. The lowest BCUT2D eigenvalue weighted by atomic mass is 10.2. The van der Waals surface area contributed by atoms with Crippen molar-refractivity contribution in [1.82, 2.24) is 69.6 Å². The van der Waals surface area contributed by atoms with Crippen molar-refractivity contribution in [1.29, 1.82) is 0 Å². The Morgan fingerprint density at radius 2 is 1.19 bits per heavy atom. The van der Waals surface area contributed by atoms with Gasteiger partial charge in [0.05, 0.1) is 81.9 Å². The molecule has 8 heterocycles. The van der Waals surface area contributed by atoms with Crippen molar-refractivity contribution in [3.63, 3.8) is 0 Å². The van der Waals surface area contributed by atoms with Gasteiger partial charge in [0.15, 0.2) is 11.6 Å². The zero-order valence-corrected chi connectivity index (χ0v) is 50.0. The number of thiazole rings is 2.